The summed E-state index contributed by atoms with van der Waals surface area (Å²) in [6.45, 7) is 4.23. The number of nitrogens with one attached hydrogen (secondary N) is 2. The third-order valence-electron chi connectivity index (χ3n) is 2.25. The molecule has 1 aromatic carbocycles. The lowest BCUT2D eigenvalue weighted by Crippen LogP contribution is -2.40. The van der Waals surface area contributed by atoms with E-state index in [0.29, 0.717) is 23.6 Å². The Morgan fingerprint density at radius 1 is 1.44 bits per heavy atom. The van der Waals surface area contributed by atoms with E-state index >= 15 is 0 Å². The van der Waals surface area contributed by atoms with E-state index in [4.69, 9.17) is 5.73 Å². The molecule has 1 aliphatic heterocycles. The number of hydrogen-bond donors (Lipinski definition) is 3. The molecule has 0 spiro atoms. The molecule has 0 unspecified atom stereocenters. The van der Waals surface area contributed by atoms with Crippen molar-refractivity contribution in [2.75, 3.05) is 12.3 Å². The van der Waals surface area contributed by atoms with Crippen LogP contribution in [0.2, 0.25) is 0 Å². The molecule has 16 heavy (non-hydrogen) atoms. The van der Waals surface area contributed by atoms with Gasteiger partial charge in [-0.05, 0) is 23.8 Å². The number of piperazine rings is 1. The van der Waals surface area contributed by atoms with Crippen LogP contribution in [0.1, 0.15) is 5.56 Å². The number of hydrogen-bond acceptors (Lipinski definition) is 3. The molecule has 0 radical (unpaired) electrons. The zero-order valence-corrected chi connectivity index (χ0v) is 8.79. The quantitative estimate of drug-likeness (QED) is 0.480. The molecule has 0 saturated carbocycles. The van der Waals surface area contributed by atoms with Crippen molar-refractivity contribution in [3.8, 4) is 0 Å². The van der Waals surface area contributed by atoms with Crippen molar-refractivity contribution < 1.29 is 4.79 Å². The normalized spacial score (nSPS) is 18.1. The monoisotopic (exact) mass is 215 g/mol. The summed E-state index contributed by atoms with van der Waals surface area (Å²) in [6.07, 6.45) is 1.76. The smallest absolute Gasteiger partial charge is 0.271 e. The van der Waals surface area contributed by atoms with Crippen LogP contribution in [0, 0.1) is 0 Å². The van der Waals surface area contributed by atoms with Crippen molar-refractivity contribution in [3.05, 3.63) is 47.8 Å². The first-order valence-corrected chi connectivity index (χ1v) is 4.95. The number of rotatable bonds is 1. The summed E-state index contributed by atoms with van der Waals surface area (Å²) >= 11 is 0. The number of anilines is 1. The van der Waals surface area contributed by atoms with Crippen molar-refractivity contribution in [1.82, 2.24) is 10.6 Å². The van der Waals surface area contributed by atoms with Crippen LogP contribution in [-0.2, 0) is 4.79 Å². The summed E-state index contributed by atoms with van der Waals surface area (Å²) in [7, 11) is 0. The molecule has 2 rings (SSSR count). The molecule has 82 valence electrons. The van der Waals surface area contributed by atoms with Gasteiger partial charge < -0.3 is 16.4 Å². The molecule has 4 nitrogen and oxygen atoms in total. The highest BCUT2D eigenvalue weighted by Crippen LogP contribution is 2.11. The van der Waals surface area contributed by atoms with E-state index < -0.39 is 0 Å². The zero-order valence-electron chi connectivity index (χ0n) is 8.79. The molecule has 1 heterocycles. The van der Waals surface area contributed by atoms with E-state index in [1.807, 2.05) is 18.2 Å². The van der Waals surface area contributed by atoms with Gasteiger partial charge >= 0.3 is 0 Å². The number of amides is 1. The second-order valence-corrected chi connectivity index (χ2v) is 3.64. The summed E-state index contributed by atoms with van der Waals surface area (Å²) in [5.74, 6) is -0.168. The van der Waals surface area contributed by atoms with Crippen molar-refractivity contribution >= 4 is 17.7 Å². The van der Waals surface area contributed by atoms with Crippen molar-refractivity contribution in [3.63, 3.8) is 0 Å². The molecular weight excluding hydrogens is 202 g/mol. The highest BCUT2D eigenvalue weighted by Gasteiger charge is 2.15. The Morgan fingerprint density at radius 3 is 2.94 bits per heavy atom. The van der Waals surface area contributed by atoms with Gasteiger partial charge in [-0.1, -0.05) is 18.7 Å². The summed E-state index contributed by atoms with van der Waals surface area (Å²) in [5, 5.41) is 5.66. The Labute approximate surface area is 93.8 Å². The van der Waals surface area contributed by atoms with Gasteiger partial charge in [0.25, 0.3) is 5.91 Å². The lowest BCUT2D eigenvalue weighted by molar-refractivity contribution is -0.117. The van der Waals surface area contributed by atoms with E-state index in [-0.39, 0.29) is 5.91 Å². The van der Waals surface area contributed by atoms with Crippen LogP contribution < -0.4 is 16.4 Å². The third kappa shape index (κ3) is 2.23. The van der Waals surface area contributed by atoms with Crippen LogP contribution >= 0.6 is 0 Å². The minimum absolute atomic E-state index is 0.168. The maximum Gasteiger partial charge on any atom is 0.271 e. The average molecular weight is 215 g/mol. The highest BCUT2D eigenvalue weighted by atomic mass is 16.2. The Balaban J connectivity index is 2.24. The SMILES string of the molecule is C=C1CN/C(=C\c2cccc(N)c2)C(=O)N1. The number of nitrogens with two attached hydrogens (primary N) is 1. The van der Waals surface area contributed by atoms with Crippen LogP contribution in [0.4, 0.5) is 5.69 Å². The van der Waals surface area contributed by atoms with Gasteiger partial charge in [0.2, 0.25) is 0 Å². The minimum Gasteiger partial charge on any atom is -0.399 e. The number of benzene rings is 1. The Hall–Kier alpha value is -2.23. The maximum atomic E-state index is 11.6. The van der Waals surface area contributed by atoms with Gasteiger partial charge in [-0.3, -0.25) is 4.79 Å². The molecule has 1 fully saturated rings. The first kappa shape index (κ1) is 10.3. The summed E-state index contributed by atoms with van der Waals surface area (Å²) in [6, 6.07) is 7.35. The van der Waals surface area contributed by atoms with E-state index in [1.165, 1.54) is 0 Å². The number of nitrogen functional groups attached to an aromatic ring is 1. The van der Waals surface area contributed by atoms with Crippen LogP contribution in [-0.4, -0.2) is 12.5 Å². The third-order valence-corrected chi connectivity index (χ3v) is 2.25. The minimum atomic E-state index is -0.168. The fraction of sp³-hybridized carbons (Fsp3) is 0.0833. The first-order valence-electron chi connectivity index (χ1n) is 4.95. The number of carbonyl (C=O) groups excluding carboxylic acids is 1. The Bertz CT molecular complexity index is 477. The second kappa shape index (κ2) is 4.10. The molecule has 0 aromatic heterocycles. The van der Waals surface area contributed by atoms with Gasteiger partial charge in [-0.15, -0.1) is 0 Å². The molecule has 4 heteroatoms. The van der Waals surface area contributed by atoms with Gasteiger partial charge in [-0.2, -0.15) is 0 Å². The summed E-state index contributed by atoms with van der Waals surface area (Å²) in [5.41, 5.74) is 8.43. The first-order chi connectivity index (χ1) is 7.65. The lowest BCUT2D eigenvalue weighted by Gasteiger charge is -2.19. The molecule has 1 amide bonds. The maximum absolute atomic E-state index is 11.6. The molecule has 1 aromatic rings. The predicted octanol–water partition coefficient (Wildman–Crippen LogP) is 0.843. The Kier molecular flexibility index (Phi) is 2.64. The average Bonchev–Trinajstić information content (AvgIpc) is 2.22. The Morgan fingerprint density at radius 2 is 2.25 bits per heavy atom. The topological polar surface area (TPSA) is 67.1 Å². The predicted molar refractivity (Wildman–Crippen MR) is 64.1 cm³/mol. The second-order valence-electron chi connectivity index (χ2n) is 3.64. The van der Waals surface area contributed by atoms with Crippen molar-refractivity contribution in [2.24, 2.45) is 0 Å². The molecule has 0 aliphatic carbocycles. The molecule has 0 bridgehead atoms. The standard InChI is InChI=1S/C12H13N3O/c1-8-7-14-11(12(16)15-8)6-9-3-2-4-10(13)5-9/h2-6,14H,1,7,13H2,(H,15,16)/b11-6-. The van der Waals surface area contributed by atoms with Gasteiger partial charge in [0.15, 0.2) is 0 Å². The van der Waals surface area contributed by atoms with Gasteiger partial charge in [0.05, 0.1) is 6.54 Å². The summed E-state index contributed by atoms with van der Waals surface area (Å²) in [4.78, 5) is 11.6. The van der Waals surface area contributed by atoms with E-state index in [9.17, 15) is 4.79 Å². The fourth-order valence-corrected chi connectivity index (χ4v) is 1.49. The van der Waals surface area contributed by atoms with E-state index in [0.717, 1.165) is 5.56 Å². The molecule has 4 N–H and O–H groups in total. The lowest BCUT2D eigenvalue weighted by atomic mass is 10.1. The van der Waals surface area contributed by atoms with Gasteiger partial charge in [-0.25, -0.2) is 0 Å². The zero-order chi connectivity index (χ0) is 11.5. The van der Waals surface area contributed by atoms with Gasteiger partial charge in [0.1, 0.15) is 5.70 Å². The van der Waals surface area contributed by atoms with E-state index in [2.05, 4.69) is 17.2 Å². The molecule has 1 aliphatic rings. The fourth-order valence-electron chi connectivity index (χ4n) is 1.49. The molecule has 0 atom stereocenters. The molecule has 1 saturated heterocycles. The van der Waals surface area contributed by atoms with Crippen LogP contribution in [0.15, 0.2) is 42.2 Å². The highest BCUT2D eigenvalue weighted by molar-refractivity contribution is 5.99. The van der Waals surface area contributed by atoms with Crippen molar-refractivity contribution in [1.29, 1.82) is 0 Å². The van der Waals surface area contributed by atoms with E-state index in [1.54, 1.807) is 12.1 Å². The summed E-state index contributed by atoms with van der Waals surface area (Å²) < 4.78 is 0. The van der Waals surface area contributed by atoms with Gasteiger partial charge in [0, 0.05) is 11.4 Å². The van der Waals surface area contributed by atoms with Crippen molar-refractivity contribution in [2.45, 2.75) is 0 Å². The largest absolute Gasteiger partial charge is 0.399 e. The van der Waals surface area contributed by atoms with Crippen LogP contribution in [0.5, 0.6) is 0 Å². The van der Waals surface area contributed by atoms with Crippen LogP contribution in [0.25, 0.3) is 6.08 Å². The molecular formula is C12H13N3O. The van der Waals surface area contributed by atoms with Crippen LogP contribution in [0.3, 0.4) is 0 Å². The number of carbonyl (C=O) groups is 1.